The molecule has 0 saturated heterocycles. The molecule has 0 spiro atoms. The summed E-state index contributed by atoms with van der Waals surface area (Å²) in [4.78, 5) is 0. The monoisotopic (exact) mass is 252 g/mol. The summed E-state index contributed by atoms with van der Waals surface area (Å²) in [5.41, 5.74) is 0. The molecule has 0 bridgehead atoms. The van der Waals surface area contributed by atoms with Crippen molar-refractivity contribution in [3.63, 3.8) is 0 Å². The molecule has 15 heavy (non-hydrogen) atoms. The van der Waals surface area contributed by atoms with E-state index in [2.05, 4.69) is 22.4 Å². The molecule has 0 nitrogen and oxygen atoms in total. The van der Waals surface area contributed by atoms with Gasteiger partial charge in [-0.1, -0.05) is 72.8 Å². The van der Waals surface area contributed by atoms with Gasteiger partial charge in [-0.3, -0.25) is 0 Å². The highest BCUT2D eigenvalue weighted by molar-refractivity contribution is 8.37. The Hall–Kier alpha value is -0.900. The van der Waals surface area contributed by atoms with Crippen molar-refractivity contribution in [2.75, 3.05) is 0 Å². The largest absolute Gasteiger partial charge is 0.0623 e. The van der Waals surface area contributed by atoms with Crippen molar-refractivity contribution in [1.29, 1.82) is 0 Å². The second-order valence-electron chi connectivity index (χ2n) is 2.38. The quantitative estimate of drug-likeness (QED) is 0.705. The molecule has 0 radical (unpaired) electrons. The fraction of sp³-hybridized carbons (Fsp3) is 0. The van der Waals surface area contributed by atoms with Crippen molar-refractivity contribution in [2.24, 2.45) is 0 Å². The molecule has 0 aliphatic carbocycles. The summed E-state index contributed by atoms with van der Waals surface area (Å²) in [6.45, 7) is 0. The number of hydrogen-bond donors (Lipinski definition) is 0. The van der Waals surface area contributed by atoms with Crippen LogP contribution < -0.4 is 0 Å². The summed E-state index contributed by atoms with van der Waals surface area (Å²) in [5.74, 6) is 0. The van der Waals surface area contributed by atoms with Crippen LogP contribution in [0.15, 0.2) is 72.8 Å². The molecule has 0 aliphatic heterocycles. The van der Waals surface area contributed by atoms with Crippen molar-refractivity contribution in [3.05, 3.63) is 72.8 Å². The first-order chi connectivity index (χ1) is 7.41. The lowest BCUT2D eigenvalue weighted by atomic mass is 10.4. The zero-order valence-electron chi connectivity index (χ0n) is 8.15. The summed E-state index contributed by atoms with van der Waals surface area (Å²) >= 11 is 8.25. The maximum absolute atomic E-state index is 4.12. The number of hydrogen-bond acceptors (Lipinski definition) is 2. The van der Waals surface area contributed by atoms with Crippen LogP contribution in [0.4, 0.5) is 0 Å². The van der Waals surface area contributed by atoms with E-state index in [1.54, 1.807) is 0 Å². The number of benzene rings is 2. The van der Waals surface area contributed by atoms with Gasteiger partial charge in [0.25, 0.3) is 0 Å². The molecule has 0 N–H and O–H groups in total. The summed E-state index contributed by atoms with van der Waals surface area (Å²) in [6.07, 6.45) is 0. The second-order valence-corrected chi connectivity index (χ2v) is 4.15. The fourth-order valence-electron chi connectivity index (χ4n) is 0.770. The molecular formula is C12H12S3. The van der Waals surface area contributed by atoms with Crippen LogP contribution in [0.1, 0.15) is 0 Å². The van der Waals surface area contributed by atoms with Gasteiger partial charge in [0.15, 0.2) is 0 Å². The third-order valence-electron chi connectivity index (χ3n) is 1.33. The van der Waals surface area contributed by atoms with Crippen LogP contribution in [0.3, 0.4) is 0 Å². The maximum atomic E-state index is 4.12. The van der Waals surface area contributed by atoms with Gasteiger partial charge in [-0.25, -0.2) is 0 Å². The Morgan fingerprint density at radius 3 is 0.533 bits per heavy atom. The van der Waals surface area contributed by atoms with E-state index in [0.717, 1.165) is 8.88 Å². The van der Waals surface area contributed by atoms with Crippen LogP contribution in [0.5, 0.6) is 0 Å². The molecule has 0 fully saturated rings. The highest BCUT2D eigenvalue weighted by Crippen LogP contribution is 1.80. The molecule has 2 aromatic carbocycles. The van der Waals surface area contributed by atoms with Gasteiger partial charge in [-0.15, -0.1) is 0 Å². The Morgan fingerprint density at radius 1 is 0.400 bits per heavy atom. The SMILES string of the molecule is S=S=S.c1ccccc1.c1ccccc1. The molecule has 3 heteroatoms. The van der Waals surface area contributed by atoms with Crippen LogP contribution in [-0.2, 0) is 31.3 Å². The Morgan fingerprint density at radius 2 is 0.467 bits per heavy atom. The van der Waals surface area contributed by atoms with Crippen molar-refractivity contribution in [2.45, 2.75) is 0 Å². The van der Waals surface area contributed by atoms with Crippen LogP contribution in [0, 0.1) is 0 Å². The standard InChI is InChI=1S/2C6H6.S3/c2*1-2-4-6-5-3-1;1-3-2/h2*1-6H;. The molecular weight excluding hydrogens is 240 g/mol. The van der Waals surface area contributed by atoms with Gasteiger partial charge in [-0.2, -0.15) is 0 Å². The van der Waals surface area contributed by atoms with Crippen molar-refractivity contribution >= 4 is 31.3 Å². The Bertz CT molecular complexity index is 255. The normalized spacial score (nSPS) is 7.20. The van der Waals surface area contributed by atoms with Gasteiger partial charge in [0.1, 0.15) is 0 Å². The van der Waals surface area contributed by atoms with Crippen molar-refractivity contribution < 1.29 is 0 Å². The molecule has 0 aromatic heterocycles. The van der Waals surface area contributed by atoms with Crippen LogP contribution >= 0.6 is 0 Å². The molecule has 0 atom stereocenters. The molecule has 2 rings (SSSR count). The van der Waals surface area contributed by atoms with Gasteiger partial charge >= 0.3 is 0 Å². The van der Waals surface area contributed by atoms with Crippen molar-refractivity contribution in [3.8, 4) is 0 Å². The second kappa shape index (κ2) is 13.1. The summed E-state index contributed by atoms with van der Waals surface area (Å²) in [7, 11) is 0.917. The first kappa shape index (κ1) is 14.1. The highest BCUT2D eigenvalue weighted by Gasteiger charge is 1.58. The Kier molecular flexibility index (Phi) is 12.3. The van der Waals surface area contributed by atoms with Crippen LogP contribution in [0.2, 0.25) is 0 Å². The van der Waals surface area contributed by atoms with Crippen LogP contribution in [-0.4, -0.2) is 0 Å². The topological polar surface area (TPSA) is 0 Å². The first-order valence-electron chi connectivity index (χ1n) is 4.33. The van der Waals surface area contributed by atoms with Crippen LogP contribution in [0.25, 0.3) is 0 Å². The first-order valence-corrected chi connectivity index (χ1v) is 7.00. The average molecular weight is 252 g/mol. The zero-order chi connectivity index (χ0) is 11.2. The van der Waals surface area contributed by atoms with Gasteiger partial charge in [-0.05, 0) is 0 Å². The zero-order valence-corrected chi connectivity index (χ0v) is 10.6. The predicted molar refractivity (Wildman–Crippen MR) is 75.0 cm³/mol. The summed E-state index contributed by atoms with van der Waals surface area (Å²) in [6, 6.07) is 24.0. The van der Waals surface area contributed by atoms with Crippen molar-refractivity contribution in [1.82, 2.24) is 0 Å². The van der Waals surface area contributed by atoms with Gasteiger partial charge in [0, 0.05) is 31.3 Å². The molecule has 78 valence electrons. The van der Waals surface area contributed by atoms with E-state index in [4.69, 9.17) is 0 Å². The molecule has 0 aliphatic rings. The number of rotatable bonds is 0. The summed E-state index contributed by atoms with van der Waals surface area (Å²) in [5, 5.41) is 0. The third-order valence-corrected chi connectivity index (χ3v) is 1.33. The minimum absolute atomic E-state index is 0.917. The van der Waals surface area contributed by atoms with Gasteiger partial charge < -0.3 is 0 Å². The van der Waals surface area contributed by atoms with E-state index in [0.29, 0.717) is 0 Å². The summed E-state index contributed by atoms with van der Waals surface area (Å²) < 4.78 is 0. The van der Waals surface area contributed by atoms with Gasteiger partial charge in [0.2, 0.25) is 0 Å². The van der Waals surface area contributed by atoms with E-state index in [1.807, 2.05) is 72.8 Å². The van der Waals surface area contributed by atoms with E-state index in [1.165, 1.54) is 0 Å². The molecule has 2 aromatic rings. The van der Waals surface area contributed by atoms with E-state index in [9.17, 15) is 0 Å². The van der Waals surface area contributed by atoms with E-state index < -0.39 is 0 Å². The smallest absolute Gasteiger partial charge is 0 e. The average Bonchev–Trinajstić information content (AvgIpc) is 2.35. The maximum Gasteiger partial charge on any atom is 0 e. The highest BCUT2D eigenvalue weighted by atomic mass is 33.1. The lowest BCUT2D eigenvalue weighted by molar-refractivity contribution is 1.72. The molecule has 0 saturated carbocycles. The minimum atomic E-state index is 0.917. The fourth-order valence-corrected chi connectivity index (χ4v) is 0.770. The van der Waals surface area contributed by atoms with Gasteiger partial charge in [0.05, 0.1) is 0 Å². The third kappa shape index (κ3) is 13.1. The lowest BCUT2D eigenvalue weighted by Crippen LogP contribution is -1.47. The minimum Gasteiger partial charge on any atom is -0.0623 e. The molecule has 0 unspecified atom stereocenters. The molecule has 0 heterocycles. The lowest BCUT2D eigenvalue weighted by Gasteiger charge is -1.69. The van der Waals surface area contributed by atoms with E-state index >= 15 is 0 Å². The Labute approximate surface area is 104 Å². The molecule has 0 amide bonds. The predicted octanol–water partition coefficient (Wildman–Crippen LogP) is 3.37. The Balaban J connectivity index is 0.000000210. The van der Waals surface area contributed by atoms with E-state index in [-0.39, 0.29) is 0 Å².